The van der Waals surface area contributed by atoms with Crippen molar-refractivity contribution in [3.05, 3.63) is 0 Å². The van der Waals surface area contributed by atoms with Crippen molar-refractivity contribution in [2.75, 3.05) is 32.7 Å². The third-order valence-corrected chi connectivity index (χ3v) is 3.59. The second-order valence-corrected chi connectivity index (χ2v) is 5.86. The largest absolute Gasteiger partial charge is 0.358 e. The number of ether oxygens (including phenoxy) is 1. The molecular weight excluding hydrogens is 216 g/mol. The van der Waals surface area contributed by atoms with E-state index in [0.29, 0.717) is 5.92 Å². The monoisotopic (exact) mass is 240 g/mol. The highest BCUT2D eigenvalue weighted by Gasteiger charge is 2.50. The van der Waals surface area contributed by atoms with E-state index < -0.39 is 0 Å². The van der Waals surface area contributed by atoms with Crippen molar-refractivity contribution in [3.8, 4) is 0 Å². The molecule has 2 rings (SSSR count). The molecule has 2 aliphatic heterocycles. The summed E-state index contributed by atoms with van der Waals surface area (Å²) in [6, 6.07) is 0. The van der Waals surface area contributed by atoms with E-state index in [0.717, 1.165) is 32.7 Å². The van der Waals surface area contributed by atoms with E-state index in [9.17, 15) is 4.79 Å². The van der Waals surface area contributed by atoms with Gasteiger partial charge in [0.2, 0.25) is 0 Å². The molecule has 0 aliphatic carbocycles. The van der Waals surface area contributed by atoms with Gasteiger partial charge in [-0.25, -0.2) is 0 Å². The van der Waals surface area contributed by atoms with Gasteiger partial charge in [0.1, 0.15) is 11.7 Å². The molecule has 0 aromatic heterocycles. The van der Waals surface area contributed by atoms with Crippen molar-refractivity contribution in [2.45, 2.75) is 39.4 Å². The number of carbonyl (C=O) groups excluding carboxylic acids is 1. The Labute approximate surface area is 104 Å². The van der Waals surface area contributed by atoms with Crippen LogP contribution in [0, 0.1) is 5.92 Å². The van der Waals surface area contributed by atoms with Crippen molar-refractivity contribution in [2.24, 2.45) is 5.92 Å². The first-order valence-corrected chi connectivity index (χ1v) is 6.65. The number of hydrogen-bond acceptors (Lipinski definition) is 3. The molecule has 2 heterocycles. The third-order valence-electron chi connectivity index (χ3n) is 3.59. The van der Waals surface area contributed by atoms with Crippen LogP contribution in [0.15, 0.2) is 0 Å². The Kier molecular flexibility index (Phi) is 3.46. The number of likely N-dealkylation sites (N-methyl/N-ethyl adjacent to an activating group) is 1. The van der Waals surface area contributed by atoms with Crippen LogP contribution in [0.2, 0.25) is 0 Å². The second-order valence-electron chi connectivity index (χ2n) is 5.86. The highest BCUT2D eigenvalue weighted by atomic mass is 16.5. The zero-order valence-electron chi connectivity index (χ0n) is 11.4. The van der Waals surface area contributed by atoms with Gasteiger partial charge in [0.25, 0.3) is 5.91 Å². The molecule has 0 radical (unpaired) electrons. The molecule has 0 aromatic carbocycles. The van der Waals surface area contributed by atoms with Gasteiger partial charge in [-0.15, -0.1) is 0 Å². The zero-order valence-corrected chi connectivity index (χ0v) is 11.4. The van der Waals surface area contributed by atoms with Crippen LogP contribution in [-0.2, 0) is 9.53 Å². The predicted octanol–water partition coefficient (Wildman–Crippen LogP) is 0.964. The summed E-state index contributed by atoms with van der Waals surface area (Å²) in [6.07, 6.45) is -0.273. The molecule has 98 valence electrons. The van der Waals surface area contributed by atoms with E-state index in [4.69, 9.17) is 4.74 Å². The van der Waals surface area contributed by atoms with Gasteiger partial charge in [-0.2, -0.15) is 0 Å². The minimum atomic E-state index is -0.273. The smallest absolute Gasteiger partial charge is 0.251 e. The molecule has 1 amide bonds. The van der Waals surface area contributed by atoms with Gasteiger partial charge in [0.15, 0.2) is 0 Å². The van der Waals surface area contributed by atoms with Gasteiger partial charge in [-0.3, -0.25) is 9.69 Å². The molecule has 1 atom stereocenters. The summed E-state index contributed by atoms with van der Waals surface area (Å²) in [6.45, 7) is 13.0. The molecule has 0 N–H and O–H groups in total. The fourth-order valence-electron chi connectivity index (χ4n) is 3.00. The Morgan fingerprint density at radius 3 is 2.59 bits per heavy atom. The van der Waals surface area contributed by atoms with E-state index in [2.05, 4.69) is 18.7 Å². The lowest BCUT2D eigenvalue weighted by Crippen LogP contribution is -2.72. The Hall–Kier alpha value is -0.610. The molecule has 0 aromatic rings. The predicted molar refractivity (Wildman–Crippen MR) is 66.8 cm³/mol. The zero-order chi connectivity index (χ0) is 12.6. The van der Waals surface area contributed by atoms with E-state index in [1.54, 1.807) is 0 Å². The Morgan fingerprint density at radius 2 is 2.06 bits per heavy atom. The third kappa shape index (κ3) is 2.47. The number of amides is 1. The van der Waals surface area contributed by atoms with Crippen LogP contribution in [0.25, 0.3) is 0 Å². The maximum Gasteiger partial charge on any atom is 0.251 e. The summed E-state index contributed by atoms with van der Waals surface area (Å²) in [7, 11) is 0. The highest BCUT2D eigenvalue weighted by Crippen LogP contribution is 2.32. The summed E-state index contributed by atoms with van der Waals surface area (Å²) in [4.78, 5) is 16.2. The van der Waals surface area contributed by atoms with Crippen LogP contribution in [0.1, 0.15) is 27.7 Å². The summed E-state index contributed by atoms with van der Waals surface area (Å²) in [5, 5.41) is 0. The molecule has 0 bridgehead atoms. The summed E-state index contributed by atoms with van der Waals surface area (Å²) < 4.78 is 5.93. The fraction of sp³-hybridized carbons (Fsp3) is 0.923. The van der Waals surface area contributed by atoms with Crippen molar-refractivity contribution in [1.82, 2.24) is 9.80 Å². The minimum absolute atomic E-state index is 0.0851. The van der Waals surface area contributed by atoms with Gasteiger partial charge in [-0.05, 0) is 19.8 Å². The number of nitrogens with zero attached hydrogens (tertiary/aromatic N) is 2. The Morgan fingerprint density at radius 1 is 1.41 bits per heavy atom. The quantitative estimate of drug-likeness (QED) is 0.737. The van der Waals surface area contributed by atoms with Crippen molar-refractivity contribution in [1.29, 1.82) is 0 Å². The van der Waals surface area contributed by atoms with E-state index in [1.165, 1.54) is 0 Å². The average Bonchev–Trinajstić information content (AvgIpc) is 2.20. The number of hydrogen-bond donors (Lipinski definition) is 0. The SMILES string of the molecule is CCN1CC2(CN(CC(C)C)C2)O[C@H](C)C1=O. The lowest BCUT2D eigenvalue weighted by molar-refractivity contribution is -0.215. The van der Waals surface area contributed by atoms with E-state index in [1.807, 2.05) is 18.7 Å². The number of morpholine rings is 1. The van der Waals surface area contributed by atoms with Gasteiger partial charge in [0, 0.05) is 26.2 Å². The standard InChI is InChI=1S/C13H24N2O2/c1-5-15-9-13(17-11(4)12(15)16)7-14(8-13)6-10(2)3/h10-11H,5-9H2,1-4H3/t11-/m1/s1. The van der Waals surface area contributed by atoms with Gasteiger partial charge in [0.05, 0.1) is 6.54 Å². The maximum absolute atomic E-state index is 11.8. The van der Waals surface area contributed by atoms with Crippen LogP contribution < -0.4 is 0 Å². The van der Waals surface area contributed by atoms with Gasteiger partial charge in [-0.1, -0.05) is 13.8 Å². The van der Waals surface area contributed by atoms with Crippen LogP contribution in [0.5, 0.6) is 0 Å². The minimum Gasteiger partial charge on any atom is -0.358 e. The lowest BCUT2D eigenvalue weighted by Gasteiger charge is -2.55. The van der Waals surface area contributed by atoms with Gasteiger partial charge < -0.3 is 9.64 Å². The molecule has 4 heteroatoms. The summed E-state index contributed by atoms with van der Waals surface area (Å²) >= 11 is 0. The average molecular weight is 240 g/mol. The molecule has 2 aliphatic rings. The van der Waals surface area contributed by atoms with Gasteiger partial charge >= 0.3 is 0 Å². The highest BCUT2D eigenvalue weighted by molar-refractivity contribution is 5.81. The molecule has 0 unspecified atom stereocenters. The van der Waals surface area contributed by atoms with E-state index >= 15 is 0 Å². The van der Waals surface area contributed by atoms with Crippen LogP contribution in [0.3, 0.4) is 0 Å². The topological polar surface area (TPSA) is 32.8 Å². The number of carbonyl (C=O) groups is 1. The summed E-state index contributed by atoms with van der Waals surface area (Å²) in [5.74, 6) is 0.831. The number of rotatable bonds is 3. The molecule has 0 saturated carbocycles. The molecular formula is C13H24N2O2. The molecule has 4 nitrogen and oxygen atoms in total. The molecule has 1 spiro atoms. The van der Waals surface area contributed by atoms with Crippen LogP contribution >= 0.6 is 0 Å². The first-order valence-electron chi connectivity index (χ1n) is 6.65. The number of likely N-dealkylation sites (tertiary alicyclic amines) is 1. The molecule has 2 fully saturated rings. The van der Waals surface area contributed by atoms with Crippen molar-refractivity contribution < 1.29 is 9.53 Å². The van der Waals surface area contributed by atoms with E-state index in [-0.39, 0.29) is 17.6 Å². The molecule has 17 heavy (non-hydrogen) atoms. The Bertz CT molecular complexity index is 298. The molecule has 2 saturated heterocycles. The summed E-state index contributed by atoms with van der Waals surface area (Å²) in [5.41, 5.74) is -0.0851. The van der Waals surface area contributed by atoms with Crippen molar-refractivity contribution in [3.63, 3.8) is 0 Å². The van der Waals surface area contributed by atoms with Crippen molar-refractivity contribution >= 4 is 5.91 Å². The fourth-order valence-corrected chi connectivity index (χ4v) is 3.00. The maximum atomic E-state index is 11.8. The first-order chi connectivity index (χ1) is 7.96. The first kappa shape index (κ1) is 12.8. The lowest BCUT2D eigenvalue weighted by atomic mass is 9.90. The Balaban J connectivity index is 1.93. The second kappa shape index (κ2) is 4.58. The normalized spacial score (nSPS) is 28.9. The van der Waals surface area contributed by atoms with Crippen LogP contribution in [-0.4, -0.2) is 60.1 Å². The van der Waals surface area contributed by atoms with Crippen LogP contribution in [0.4, 0.5) is 0 Å².